The van der Waals surface area contributed by atoms with Gasteiger partial charge in [0.05, 0.1) is 6.04 Å². The molecule has 3 saturated carbocycles. The van der Waals surface area contributed by atoms with E-state index in [9.17, 15) is 9.35 Å². The Morgan fingerprint density at radius 3 is 2.28 bits per heavy atom. The van der Waals surface area contributed by atoms with Crippen LogP contribution in [0.2, 0.25) is 0 Å². The van der Waals surface area contributed by atoms with E-state index in [1.807, 2.05) is 27.7 Å². The van der Waals surface area contributed by atoms with E-state index in [1.165, 1.54) is 0 Å². The number of rotatable bonds is 4. The highest BCUT2D eigenvalue weighted by Gasteiger charge is 2.71. The molecular weight excluding hydrogens is 252 g/mol. The van der Waals surface area contributed by atoms with Crippen LogP contribution in [-0.4, -0.2) is 32.1 Å². The van der Waals surface area contributed by atoms with Crippen LogP contribution in [0.4, 0.5) is 4.79 Å². The Morgan fingerprint density at radius 2 is 1.89 bits per heavy atom. The smallest absolute Gasteiger partial charge is 0.405 e. The van der Waals surface area contributed by atoms with Gasteiger partial charge in [-0.2, -0.15) is 0 Å². The standard InChI is InChI=1S/C12H22N2O3S/c1-8(14-18(17)10(2,3)4)11-5-12(6-11,7-11)13-9(15)16/h8,13-14H,5-7H2,1-4H3,(H,15,16)/t8-,11?,12?,18-/m1/s1. The first-order valence-corrected chi connectivity index (χ1v) is 7.43. The number of nitrogens with one attached hydrogen (secondary N) is 2. The Labute approximate surface area is 111 Å². The van der Waals surface area contributed by atoms with E-state index in [4.69, 9.17) is 5.11 Å². The zero-order valence-corrected chi connectivity index (χ0v) is 12.2. The van der Waals surface area contributed by atoms with Gasteiger partial charge in [-0.05, 0) is 52.4 Å². The van der Waals surface area contributed by atoms with Crippen molar-refractivity contribution < 1.29 is 14.5 Å². The Morgan fingerprint density at radius 1 is 1.39 bits per heavy atom. The number of carbonyl (C=O) groups is 1. The first kappa shape index (κ1) is 14.0. The number of hydrogen-bond donors (Lipinski definition) is 3. The van der Waals surface area contributed by atoms with Crippen LogP contribution in [0.1, 0.15) is 47.0 Å². The molecule has 3 N–H and O–H groups in total. The molecule has 2 bridgehead atoms. The molecule has 0 aromatic rings. The number of hydrogen-bond acceptors (Lipinski definition) is 3. The van der Waals surface area contributed by atoms with E-state index in [2.05, 4.69) is 10.0 Å². The highest BCUT2D eigenvalue weighted by Crippen LogP contribution is 2.68. The Hall–Kier alpha value is -0.460. The maximum atomic E-state index is 12.0. The highest BCUT2D eigenvalue weighted by atomic mass is 32.2. The fourth-order valence-corrected chi connectivity index (χ4v) is 4.07. The molecule has 0 spiro atoms. The van der Waals surface area contributed by atoms with E-state index in [-0.39, 0.29) is 21.7 Å². The highest BCUT2D eigenvalue weighted by molar-refractivity contribution is 7.90. The van der Waals surface area contributed by atoms with Gasteiger partial charge < -0.3 is 15.0 Å². The van der Waals surface area contributed by atoms with Gasteiger partial charge in [-0.25, -0.2) is 4.79 Å². The summed E-state index contributed by atoms with van der Waals surface area (Å²) < 4.78 is 14.9. The Kier molecular flexibility index (Phi) is 3.11. The molecule has 0 saturated heterocycles. The van der Waals surface area contributed by atoms with Crippen molar-refractivity contribution in [3.05, 3.63) is 0 Å². The summed E-state index contributed by atoms with van der Waals surface area (Å²) in [5.74, 6) is 0. The summed E-state index contributed by atoms with van der Waals surface area (Å²) in [7, 11) is 0. The third kappa shape index (κ3) is 2.21. The zero-order chi connectivity index (χ0) is 13.8. The maximum absolute atomic E-state index is 12.0. The van der Waals surface area contributed by atoms with Gasteiger partial charge in [0.1, 0.15) is 4.75 Å². The summed E-state index contributed by atoms with van der Waals surface area (Å²) in [4.78, 5) is 10.6. The lowest BCUT2D eigenvalue weighted by Crippen LogP contribution is -2.79. The molecule has 0 aromatic carbocycles. The minimum Gasteiger partial charge on any atom is -0.598 e. The monoisotopic (exact) mass is 274 g/mol. The van der Waals surface area contributed by atoms with Crippen LogP contribution in [0.15, 0.2) is 0 Å². The van der Waals surface area contributed by atoms with Crippen LogP contribution in [-0.2, 0) is 11.4 Å². The Balaban J connectivity index is 1.84. The summed E-state index contributed by atoms with van der Waals surface area (Å²) in [6.07, 6.45) is 1.65. The van der Waals surface area contributed by atoms with Gasteiger partial charge in [0, 0.05) is 16.9 Å². The largest absolute Gasteiger partial charge is 0.598 e. The summed E-state index contributed by atoms with van der Waals surface area (Å²) in [5, 5.41) is 11.3. The lowest BCUT2D eigenvalue weighted by molar-refractivity contribution is -0.163. The van der Waals surface area contributed by atoms with E-state index < -0.39 is 17.5 Å². The van der Waals surface area contributed by atoms with Crippen molar-refractivity contribution in [1.29, 1.82) is 0 Å². The van der Waals surface area contributed by atoms with Gasteiger partial charge >= 0.3 is 6.09 Å². The van der Waals surface area contributed by atoms with Gasteiger partial charge in [-0.15, -0.1) is 4.72 Å². The van der Waals surface area contributed by atoms with Gasteiger partial charge in [-0.3, -0.25) is 0 Å². The van der Waals surface area contributed by atoms with Gasteiger partial charge in [0.25, 0.3) is 0 Å². The normalized spacial score (nSPS) is 37.2. The summed E-state index contributed by atoms with van der Waals surface area (Å²) >= 11 is -1.07. The molecule has 3 rings (SSSR count). The first-order valence-electron chi connectivity index (χ1n) is 6.28. The van der Waals surface area contributed by atoms with Gasteiger partial charge in [0.15, 0.2) is 0 Å². The second kappa shape index (κ2) is 4.02. The Bertz CT molecular complexity index is 347. The van der Waals surface area contributed by atoms with Gasteiger partial charge in [-0.1, -0.05) is 0 Å². The average Bonchev–Trinajstić information content (AvgIpc) is 2.06. The maximum Gasteiger partial charge on any atom is 0.405 e. The summed E-state index contributed by atoms with van der Waals surface area (Å²) in [5.41, 5.74) is -0.0473. The fraction of sp³-hybridized carbons (Fsp3) is 0.917. The van der Waals surface area contributed by atoms with Crippen molar-refractivity contribution in [2.45, 2.75) is 63.3 Å². The van der Waals surface area contributed by atoms with Crippen LogP contribution >= 0.6 is 0 Å². The molecule has 0 heterocycles. The first-order chi connectivity index (χ1) is 8.09. The van der Waals surface area contributed by atoms with Crippen LogP contribution < -0.4 is 10.0 Å². The van der Waals surface area contributed by atoms with Crippen molar-refractivity contribution in [2.24, 2.45) is 5.41 Å². The van der Waals surface area contributed by atoms with E-state index in [0.717, 1.165) is 19.3 Å². The summed E-state index contributed by atoms with van der Waals surface area (Å²) in [6, 6.07) is 0.162. The summed E-state index contributed by atoms with van der Waals surface area (Å²) in [6.45, 7) is 7.88. The second-order valence-electron chi connectivity index (χ2n) is 6.82. The quantitative estimate of drug-likeness (QED) is 0.680. The van der Waals surface area contributed by atoms with Crippen LogP contribution in [0.3, 0.4) is 0 Å². The third-order valence-corrected chi connectivity index (χ3v) is 5.88. The molecule has 3 aliphatic rings. The lowest BCUT2D eigenvalue weighted by Gasteiger charge is -2.72. The number of carboxylic acid groups (broad SMARTS) is 1. The molecule has 0 radical (unpaired) electrons. The van der Waals surface area contributed by atoms with Crippen molar-refractivity contribution in [3.8, 4) is 0 Å². The molecule has 0 unspecified atom stereocenters. The minimum absolute atomic E-state index is 0.142. The fourth-order valence-electron chi connectivity index (χ4n) is 3.15. The van der Waals surface area contributed by atoms with E-state index in [0.29, 0.717) is 0 Å². The molecule has 104 valence electrons. The molecule has 0 aliphatic heterocycles. The molecule has 6 heteroatoms. The van der Waals surface area contributed by atoms with Crippen molar-refractivity contribution >= 4 is 17.5 Å². The van der Waals surface area contributed by atoms with Crippen LogP contribution in [0.25, 0.3) is 0 Å². The third-order valence-electron chi connectivity index (χ3n) is 4.20. The van der Waals surface area contributed by atoms with Crippen molar-refractivity contribution in [1.82, 2.24) is 10.0 Å². The minimum atomic E-state index is -1.07. The predicted molar refractivity (Wildman–Crippen MR) is 70.7 cm³/mol. The van der Waals surface area contributed by atoms with Crippen LogP contribution in [0, 0.1) is 5.41 Å². The molecule has 5 nitrogen and oxygen atoms in total. The molecule has 18 heavy (non-hydrogen) atoms. The number of amides is 1. The second-order valence-corrected chi connectivity index (χ2v) is 8.82. The van der Waals surface area contributed by atoms with Gasteiger partial charge in [0.2, 0.25) is 0 Å². The molecule has 3 fully saturated rings. The SMILES string of the molecule is C[C@@H](N[S@+]([O-])C(C)(C)C)C12CC(NC(=O)O)(C1)C2. The molecule has 2 atom stereocenters. The van der Waals surface area contributed by atoms with E-state index >= 15 is 0 Å². The average molecular weight is 274 g/mol. The topological polar surface area (TPSA) is 84.4 Å². The van der Waals surface area contributed by atoms with Crippen molar-refractivity contribution in [2.75, 3.05) is 0 Å². The van der Waals surface area contributed by atoms with Crippen molar-refractivity contribution in [3.63, 3.8) is 0 Å². The lowest BCUT2D eigenvalue weighted by atomic mass is 9.37. The predicted octanol–water partition coefficient (Wildman–Crippen LogP) is 1.62. The molecule has 1 amide bonds. The molecule has 3 aliphatic carbocycles. The zero-order valence-electron chi connectivity index (χ0n) is 11.4. The van der Waals surface area contributed by atoms with E-state index in [1.54, 1.807) is 0 Å². The molecular formula is C12H22N2O3S. The van der Waals surface area contributed by atoms with Crippen LogP contribution in [0.5, 0.6) is 0 Å². The molecule has 0 aromatic heterocycles.